The Morgan fingerprint density at radius 3 is 2.84 bits per heavy atom. The maximum atomic E-state index is 11.8. The third-order valence-electron chi connectivity index (χ3n) is 2.80. The van der Waals surface area contributed by atoms with E-state index in [9.17, 15) is 4.79 Å². The first-order valence-electron chi connectivity index (χ1n) is 5.99. The zero-order valence-electron chi connectivity index (χ0n) is 11.4. The molecule has 1 atom stereocenters. The van der Waals surface area contributed by atoms with Crippen LogP contribution < -0.4 is 5.32 Å². The van der Waals surface area contributed by atoms with Gasteiger partial charge in [0.05, 0.1) is 7.11 Å². The summed E-state index contributed by atoms with van der Waals surface area (Å²) in [4.78, 5) is 14.5. The number of aryl methyl sites for hydroxylation is 2. The van der Waals surface area contributed by atoms with Gasteiger partial charge in [0, 0.05) is 18.0 Å². The van der Waals surface area contributed by atoms with E-state index in [4.69, 9.17) is 10.3 Å². The number of esters is 1. The summed E-state index contributed by atoms with van der Waals surface area (Å²) in [6.07, 6.45) is 0. The predicted molar refractivity (Wildman–Crippen MR) is 72.7 cm³/mol. The second-order valence-electron chi connectivity index (χ2n) is 4.22. The van der Waals surface area contributed by atoms with Gasteiger partial charge < -0.3 is 10.1 Å². The summed E-state index contributed by atoms with van der Waals surface area (Å²) in [7, 11) is 1.36. The number of hydrogen-bond donors (Lipinski definition) is 1. The van der Waals surface area contributed by atoms with E-state index in [2.05, 4.69) is 15.3 Å². The molecule has 1 unspecified atom stereocenters. The summed E-state index contributed by atoms with van der Waals surface area (Å²) in [5.41, 5.74) is 11.2. The SMILES string of the molecule is COC(=O)C(NCCN=[N+]=[N-])c1ccc(C)cc1C. The predicted octanol–water partition coefficient (Wildman–Crippen LogP) is 2.42. The Balaban J connectivity index is 2.89. The molecular weight excluding hydrogens is 244 g/mol. The minimum atomic E-state index is -0.542. The molecule has 0 aliphatic rings. The molecular formula is C13H18N4O2. The number of ether oxygens (including phenoxy) is 1. The molecule has 0 aromatic heterocycles. The van der Waals surface area contributed by atoms with E-state index in [0.29, 0.717) is 6.54 Å². The Morgan fingerprint density at radius 2 is 2.26 bits per heavy atom. The molecule has 0 aliphatic heterocycles. The van der Waals surface area contributed by atoms with Gasteiger partial charge in [-0.15, -0.1) is 0 Å². The van der Waals surface area contributed by atoms with Crippen molar-refractivity contribution in [3.05, 3.63) is 45.3 Å². The van der Waals surface area contributed by atoms with Gasteiger partial charge in [0.2, 0.25) is 0 Å². The highest BCUT2D eigenvalue weighted by molar-refractivity contribution is 5.78. The molecule has 0 bridgehead atoms. The van der Waals surface area contributed by atoms with Crippen LogP contribution in [0.25, 0.3) is 10.4 Å². The largest absolute Gasteiger partial charge is 0.468 e. The van der Waals surface area contributed by atoms with Crippen molar-refractivity contribution in [3.8, 4) is 0 Å². The van der Waals surface area contributed by atoms with Gasteiger partial charge in [-0.2, -0.15) is 0 Å². The fraction of sp³-hybridized carbons (Fsp3) is 0.462. The van der Waals surface area contributed by atoms with Crippen LogP contribution in [-0.4, -0.2) is 26.2 Å². The third-order valence-corrected chi connectivity index (χ3v) is 2.80. The number of azide groups is 1. The normalized spacial score (nSPS) is 11.5. The molecule has 6 heteroatoms. The molecule has 19 heavy (non-hydrogen) atoms. The second-order valence-corrected chi connectivity index (χ2v) is 4.22. The lowest BCUT2D eigenvalue weighted by Crippen LogP contribution is -2.32. The van der Waals surface area contributed by atoms with Crippen molar-refractivity contribution in [2.24, 2.45) is 5.11 Å². The molecule has 0 spiro atoms. The van der Waals surface area contributed by atoms with Gasteiger partial charge in [0.15, 0.2) is 0 Å². The lowest BCUT2D eigenvalue weighted by molar-refractivity contribution is -0.143. The van der Waals surface area contributed by atoms with Gasteiger partial charge in [-0.05, 0) is 30.5 Å². The molecule has 0 aliphatic carbocycles. The van der Waals surface area contributed by atoms with Crippen LogP contribution in [0.5, 0.6) is 0 Å². The number of hydrogen-bond acceptors (Lipinski definition) is 4. The van der Waals surface area contributed by atoms with Crippen LogP contribution in [0.2, 0.25) is 0 Å². The average Bonchev–Trinajstić information content (AvgIpc) is 2.39. The number of rotatable bonds is 6. The molecule has 1 aromatic carbocycles. The van der Waals surface area contributed by atoms with Crippen molar-refractivity contribution in [2.75, 3.05) is 20.2 Å². The lowest BCUT2D eigenvalue weighted by atomic mass is 9.99. The van der Waals surface area contributed by atoms with Crippen molar-refractivity contribution >= 4 is 5.97 Å². The van der Waals surface area contributed by atoms with Crippen LogP contribution in [0, 0.1) is 13.8 Å². The average molecular weight is 262 g/mol. The number of carbonyl (C=O) groups is 1. The maximum Gasteiger partial charge on any atom is 0.327 e. The minimum absolute atomic E-state index is 0.287. The van der Waals surface area contributed by atoms with Crippen molar-refractivity contribution < 1.29 is 9.53 Å². The Morgan fingerprint density at radius 1 is 1.53 bits per heavy atom. The highest BCUT2D eigenvalue weighted by Gasteiger charge is 2.22. The molecule has 0 heterocycles. The van der Waals surface area contributed by atoms with Crippen molar-refractivity contribution in [2.45, 2.75) is 19.9 Å². The standard InChI is InChI=1S/C13H18N4O2/c1-9-4-5-11(10(2)8-9)12(13(18)19-3)15-6-7-16-17-14/h4-5,8,12,15H,6-7H2,1-3H3. The first-order valence-corrected chi connectivity index (χ1v) is 5.99. The van der Waals surface area contributed by atoms with Gasteiger partial charge >= 0.3 is 5.97 Å². The number of carbonyl (C=O) groups excluding carboxylic acids is 1. The van der Waals surface area contributed by atoms with Gasteiger partial charge in [-0.25, -0.2) is 4.79 Å². The first-order chi connectivity index (χ1) is 9.10. The molecule has 6 nitrogen and oxygen atoms in total. The summed E-state index contributed by atoms with van der Waals surface area (Å²) in [5, 5.41) is 6.47. The van der Waals surface area contributed by atoms with E-state index in [1.54, 1.807) is 0 Å². The summed E-state index contributed by atoms with van der Waals surface area (Å²) in [6, 6.07) is 5.33. The van der Waals surface area contributed by atoms with Crippen LogP contribution >= 0.6 is 0 Å². The molecule has 0 saturated heterocycles. The van der Waals surface area contributed by atoms with Gasteiger partial charge in [-0.1, -0.05) is 28.9 Å². The van der Waals surface area contributed by atoms with E-state index in [1.807, 2.05) is 32.0 Å². The smallest absolute Gasteiger partial charge is 0.327 e. The van der Waals surface area contributed by atoms with E-state index < -0.39 is 6.04 Å². The number of nitrogens with one attached hydrogen (secondary N) is 1. The number of methoxy groups -OCH3 is 1. The summed E-state index contributed by atoms with van der Waals surface area (Å²) in [5.74, 6) is -0.354. The summed E-state index contributed by atoms with van der Waals surface area (Å²) >= 11 is 0. The quantitative estimate of drug-likeness (QED) is 0.281. The number of nitrogens with zero attached hydrogens (tertiary/aromatic N) is 3. The van der Waals surface area contributed by atoms with Crippen LogP contribution in [-0.2, 0) is 9.53 Å². The summed E-state index contributed by atoms with van der Waals surface area (Å²) in [6.45, 7) is 4.65. The molecule has 102 valence electrons. The lowest BCUT2D eigenvalue weighted by Gasteiger charge is -2.18. The highest BCUT2D eigenvalue weighted by Crippen LogP contribution is 2.20. The minimum Gasteiger partial charge on any atom is -0.468 e. The molecule has 0 amide bonds. The highest BCUT2D eigenvalue weighted by atomic mass is 16.5. The zero-order chi connectivity index (χ0) is 14.3. The molecule has 1 aromatic rings. The molecule has 1 rings (SSSR count). The van der Waals surface area contributed by atoms with Crippen molar-refractivity contribution in [3.63, 3.8) is 0 Å². The topological polar surface area (TPSA) is 87.1 Å². The fourth-order valence-electron chi connectivity index (χ4n) is 1.89. The van der Waals surface area contributed by atoms with E-state index >= 15 is 0 Å². The van der Waals surface area contributed by atoms with Crippen LogP contribution in [0.15, 0.2) is 23.3 Å². The van der Waals surface area contributed by atoms with Crippen LogP contribution in [0.3, 0.4) is 0 Å². The van der Waals surface area contributed by atoms with E-state index in [1.165, 1.54) is 7.11 Å². The van der Waals surface area contributed by atoms with Crippen molar-refractivity contribution in [1.29, 1.82) is 0 Å². The Bertz CT molecular complexity index is 495. The van der Waals surface area contributed by atoms with E-state index in [0.717, 1.165) is 16.7 Å². The molecule has 1 N–H and O–H groups in total. The van der Waals surface area contributed by atoms with Crippen molar-refractivity contribution in [1.82, 2.24) is 5.32 Å². The van der Waals surface area contributed by atoms with Gasteiger partial charge in [-0.3, -0.25) is 0 Å². The molecule has 0 saturated carbocycles. The number of benzene rings is 1. The van der Waals surface area contributed by atoms with Gasteiger partial charge in [0.25, 0.3) is 0 Å². The van der Waals surface area contributed by atoms with E-state index in [-0.39, 0.29) is 12.5 Å². The zero-order valence-corrected chi connectivity index (χ0v) is 11.4. The van der Waals surface area contributed by atoms with Crippen LogP contribution in [0.4, 0.5) is 0 Å². The van der Waals surface area contributed by atoms with Gasteiger partial charge in [0.1, 0.15) is 6.04 Å². The molecule has 0 fully saturated rings. The Kier molecular flexibility index (Phi) is 5.85. The second kappa shape index (κ2) is 7.41. The first kappa shape index (κ1) is 15.0. The van der Waals surface area contributed by atoms with Crippen LogP contribution in [0.1, 0.15) is 22.7 Å². The summed E-state index contributed by atoms with van der Waals surface area (Å²) < 4.78 is 4.80. The maximum absolute atomic E-state index is 11.8. The third kappa shape index (κ3) is 4.28. The fourth-order valence-corrected chi connectivity index (χ4v) is 1.89. The Labute approximate surface area is 112 Å². The molecule has 0 radical (unpaired) electrons. The Hall–Kier alpha value is -2.04. The monoisotopic (exact) mass is 262 g/mol.